The lowest BCUT2D eigenvalue weighted by molar-refractivity contribution is 0.0969. The van der Waals surface area contributed by atoms with E-state index in [9.17, 15) is 9.18 Å². The number of carbonyl (C=O) groups excluding carboxylic acids is 1. The second-order valence-electron chi connectivity index (χ2n) is 10.1. The van der Waals surface area contributed by atoms with Crippen LogP contribution >= 0.6 is 0 Å². The number of nitriles is 1. The molecule has 1 fully saturated rings. The molecule has 0 aliphatic carbocycles. The van der Waals surface area contributed by atoms with Crippen molar-refractivity contribution in [3.63, 3.8) is 0 Å². The first-order chi connectivity index (χ1) is 17.8. The van der Waals surface area contributed by atoms with Crippen LogP contribution in [0.5, 0.6) is 0 Å². The first kappa shape index (κ1) is 24.8. The average Bonchev–Trinajstić information content (AvgIpc) is 3.42. The summed E-state index contributed by atoms with van der Waals surface area (Å²) < 4.78 is 18.2. The van der Waals surface area contributed by atoms with E-state index in [1.54, 1.807) is 10.7 Å². The molecule has 0 saturated carbocycles. The molecule has 3 heterocycles. The molecule has 190 valence electrons. The van der Waals surface area contributed by atoms with Gasteiger partial charge in [0.05, 0.1) is 16.8 Å². The molecule has 37 heavy (non-hydrogen) atoms. The zero-order valence-corrected chi connectivity index (χ0v) is 21.5. The largest absolute Gasteiger partial charge is 0.306 e. The number of piperidine rings is 1. The Morgan fingerprint density at radius 2 is 2.05 bits per heavy atom. The minimum atomic E-state index is -0.611. The molecular formula is C29H31FN6O. The van der Waals surface area contributed by atoms with Gasteiger partial charge in [0, 0.05) is 42.8 Å². The number of aromatic nitrogens is 4. The molecule has 0 radical (unpaired) electrons. The fourth-order valence-corrected chi connectivity index (χ4v) is 5.47. The van der Waals surface area contributed by atoms with E-state index >= 15 is 0 Å². The van der Waals surface area contributed by atoms with E-state index in [4.69, 9.17) is 10.2 Å². The van der Waals surface area contributed by atoms with E-state index in [1.807, 2.05) is 49.0 Å². The van der Waals surface area contributed by atoms with Crippen molar-refractivity contribution in [2.45, 2.75) is 39.0 Å². The van der Waals surface area contributed by atoms with E-state index in [0.717, 1.165) is 42.5 Å². The third-order valence-electron chi connectivity index (χ3n) is 7.32. The number of likely N-dealkylation sites (tertiary alicyclic amines) is 1. The Balaban J connectivity index is 1.49. The van der Waals surface area contributed by atoms with Gasteiger partial charge in [-0.1, -0.05) is 0 Å². The number of ketones is 1. The van der Waals surface area contributed by atoms with Crippen molar-refractivity contribution in [3.05, 3.63) is 65.4 Å². The maximum atomic E-state index is 14.6. The standard InChI is InChI=1S/C29H31FN6O/c1-19-28(27(37)8-4-6-20-7-5-13-34(2)17-20)32-29(21-9-10-22(16-31)25(30)15-21)36(19)24-11-12-26-23(14-24)18-35(3)33-26/h9-12,14-15,18,20H,4-8,13,17H2,1-3H3/t20-/m1/s1. The minimum Gasteiger partial charge on any atom is -0.306 e. The molecule has 0 bridgehead atoms. The Labute approximate surface area is 216 Å². The van der Waals surface area contributed by atoms with E-state index < -0.39 is 5.82 Å². The summed E-state index contributed by atoms with van der Waals surface area (Å²) in [5.41, 5.74) is 3.28. The van der Waals surface area contributed by atoms with Crippen molar-refractivity contribution in [3.8, 4) is 23.1 Å². The van der Waals surface area contributed by atoms with Gasteiger partial charge in [-0.2, -0.15) is 10.4 Å². The predicted octanol–water partition coefficient (Wildman–Crippen LogP) is 5.44. The summed E-state index contributed by atoms with van der Waals surface area (Å²) in [7, 11) is 4.03. The Kier molecular flexibility index (Phi) is 6.90. The normalized spacial score (nSPS) is 16.2. The molecule has 8 heteroatoms. The molecule has 1 atom stereocenters. The van der Waals surface area contributed by atoms with Crippen LogP contribution in [0, 0.1) is 30.0 Å². The van der Waals surface area contributed by atoms with Gasteiger partial charge in [0.1, 0.15) is 23.4 Å². The van der Waals surface area contributed by atoms with Crippen LogP contribution in [0.1, 0.15) is 53.8 Å². The number of halogens is 1. The molecule has 2 aromatic carbocycles. The summed E-state index contributed by atoms with van der Waals surface area (Å²) in [6.45, 7) is 4.12. The highest BCUT2D eigenvalue weighted by atomic mass is 19.1. The van der Waals surface area contributed by atoms with Crippen molar-refractivity contribution in [1.29, 1.82) is 5.26 Å². The SMILES string of the molecule is Cc1c(C(=O)CCC[C@@H]2CCCN(C)C2)nc(-c2ccc(C#N)c(F)c2)n1-c1ccc2nn(C)cc2c1. The number of aryl methyl sites for hydroxylation is 1. The summed E-state index contributed by atoms with van der Waals surface area (Å²) in [6.07, 6.45) is 6.65. The van der Waals surface area contributed by atoms with Gasteiger partial charge in [-0.05, 0) is 88.5 Å². The van der Waals surface area contributed by atoms with Crippen LogP contribution in [0.15, 0.2) is 42.6 Å². The lowest BCUT2D eigenvalue weighted by Crippen LogP contribution is -2.32. The van der Waals surface area contributed by atoms with Crippen LogP contribution in [-0.2, 0) is 7.05 Å². The number of rotatable bonds is 7. The molecule has 1 aliphatic rings. The lowest BCUT2D eigenvalue weighted by Gasteiger charge is -2.29. The molecular weight excluding hydrogens is 467 g/mol. The molecule has 0 unspecified atom stereocenters. The molecule has 5 rings (SSSR count). The molecule has 1 saturated heterocycles. The fraction of sp³-hybridized carbons (Fsp3) is 0.379. The zero-order valence-electron chi connectivity index (χ0n) is 21.5. The van der Waals surface area contributed by atoms with Gasteiger partial charge in [-0.25, -0.2) is 9.37 Å². The van der Waals surface area contributed by atoms with Crippen molar-refractivity contribution in [2.75, 3.05) is 20.1 Å². The van der Waals surface area contributed by atoms with E-state index in [0.29, 0.717) is 35.1 Å². The Morgan fingerprint density at radius 1 is 1.22 bits per heavy atom. The maximum Gasteiger partial charge on any atom is 0.183 e. The fourth-order valence-electron chi connectivity index (χ4n) is 5.47. The Morgan fingerprint density at radius 3 is 2.81 bits per heavy atom. The van der Waals surface area contributed by atoms with Gasteiger partial charge < -0.3 is 4.90 Å². The monoisotopic (exact) mass is 498 g/mol. The molecule has 0 amide bonds. The highest BCUT2D eigenvalue weighted by molar-refractivity contribution is 5.96. The first-order valence-electron chi connectivity index (χ1n) is 12.8. The number of benzene rings is 2. The number of Topliss-reactive ketones (excluding diaryl/α,β-unsaturated/α-hetero) is 1. The third-order valence-corrected chi connectivity index (χ3v) is 7.32. The first-order valence-corrected chi connectivity index (χ1v) is 12.8. The summed E-state index contributed by atoms with van der Waals surface area (Å²) >= 11 is 0. The van der Waals surface area contributed by atoms with Crippen LogP contribution in [-0.4, -0.2) is 50.2 Å². The van der Waals surface area contributed by atoms with Crippen LogP contribution in [0.3, 0.4) is 0 Å². The number of hydrogen-bond donors (Lipinski definition) is 0. The Bertz CT molecular complexity index is 1510. The summed E-state index contributed by atoms with van der Waals surface area (Å²) in [5.74, 6) is 0.494. The predicted molar refractivity (Wildman–Crippen MR) is 141 cm³/mol. The van der Waals surface area contributed by atoms with E-state index in [-0.39, 0.29) is 11.3 Å². The van der Waals surface area contributed by atoms with Crippen LogP contribution in [0.4, 0.5) is 4.39 Å². The number of imidazole rings is 1. The van der Waals surface area contributed by atoms with E-state index in [1.165, 1.54) is 25.0 Å². The van der Waals surface area contributed by atoms with Crippen molar-refractivity contribution < 1.29 is 9.18 Å². The zero-order chi connectivity index (χ0) is 26.1. The van der Waals surface area contributed by atoms with Gasteiger partial charge >= 0.3 is 0 Å². The van der Waals surface area contributed by atoms with Crippen molar-refractivity contribution in [2.24, 2.45) is 13.0 Å². The summed E-state index contributed by atoms with van der Waals surface area (Å²) in [4.78, 5) is 20.5. The minimum absolute atomic E-state index is 0.00163. The maximum absolute atomic E-state index is 14.6. The van der Waals surface area contributed by atoms with Crippen LogP contribution in [0.25, 0.3) is 28.0 Å². The van der Waals surface area contributed by atoms with E-state index in [2.05, 4.69) is 17.0 Å². The van der Waals surface area contributed by atoms with Gasteiger partial charge in [0.2, 0.25) is 0 Å². The molecule has 7 nitrogen and oxygen atoms in total. The number of carbonyl (C=O) groups is 1. The molecule has 2 aromatic heterocycles. The van der Waals surface area contributed by atoms with Gasteiger partial charge in [0.25, 0.3) is 0 Å². The second-order valence-corrected chi connectivity index (χ2v) is 10.1. The van der Waals surface area contributed by atoms with Crippen LogP contribution < -0.4 is 0 Å². The topological polar surface area (TPSA) is 79.7 Å². The van der Waals surface area contributed by atoms with Gasteiger partial charge in [0.15, 0.2) is 5.78 Å². The lowest BCUT2D eigenvalue weighted by atomic mass is 9.92. The number of hydrogen-bond acceptors (Lipinski definition) is 5. The number of fused-ring (bicyclic) bond motifs is 1. The molecule has 1 aliphatic heterocycles. The average molecular weight is 499 g/mol. The quantitative estimate of drug-likeness (QED) is 0.317. The molecule has 0 spiro atoms. The van der Waals surface area contributed by atoms with Gasteiger partial charge in [-0.3, -0.25) is 14.0 Å². The third kappa shape index (κ3) is 5.05. The van der Waals surface area contributed by atoms with Crippen LogP contribution in [0.2, 0.25) is 0 Å². The van der Waals surface area contributed by atoms with Crippen molar-refractivity contribution >= 4 is 16.7 Å². The van der Waals surface area contributed by atoms with Crippen molar-refractivity contribution in [1.82, 2.24) is 24.2 Å². The highest BCUT2D eigenvalue weighted by Crippen LogP contribution is 2.30. The Hall–Kier alpha value is -3.83. The van der Waals surface area contributed by atoms with Gasteiger partial charge in [-0.15, -0.1) is 0 Å². The summed E-state index contributed by atoms with van der Waals surface area (Å²) in [5, 5.41) is 14.6. The molecule has 4 aromatic rings. The second kappa shape index (κ2) is 10.3. The highest BCUT2D eigenvalue weighted by Gasteiger charge is 2.23. The smallest absolute Gasteiger partial charge is 0.183 e. The number of nitrogens with zero attached hydrogens (tertiary/aromatic N) is 6. The summed E-state index contributed by atoms with van der Waals surface area (Å²) in [6, 6.07) is 12.2. The molecule has 0 N–H and O–H groups in total.